The summed E-state index contributed by atoms with van der Waals surface area (Å²) in [5.41, 5.74) is 1.21. The molecule has 0 bridgehead atoms. The van der Waals surface area contributed by atoms with E-state index in [1.54, 1.807) is 38.4 Å². The second-order valence-electron chi connectivity index (χ2n) is 3.81. The molecule has 0 spiro atoms. The van der Waals surface area contributed by atoms with Crippen molar-refractivity contribution in [3.63, 3.8) is 0 Å². The summed E-state index contributed by atoms with van der Waals surface area (Å²) in [5, 5.41) is 2.89. The van der Waals surface area contributed by atoms with E-state index in [1.165, 1.54) is 6.20 Å². The van der Waals surface area contributed by atoms with Crippen molar-refractivity contribution in [2.24, 2.45) is 0 Å². The average molecular weight is 247 g/mol. The van der Waals surface area contributed by atoms with E-state index in [0.717, 1.165) is 0 Å². The molecule has 0 saturated heterocycles. The molecule has 94 valence electrons. The Hall–Kier alpha value is -2.01. The Morgan fingerprint density at radius 3 is 2.83 bits per heavy atom. The Labute approximate surface area is 105 Å². The first-order valence-corrected chi connectivity index (χ1v) is 5.60. The highest BCUT2D eigenvalue weighted by molar-refractivity contribution is 5.32. The van der Waals surface area contributed by atoms with Crippen LogP contribution in [-0.2, 0) is 6.54 Å². The van der Waals surface area contributed by atoms with E-state index >= 15 is 0 Å². The number of nitrogens with one attached hydrogen (secondary N) is 1. The lowest BCUT2D eigenvalue weighted by Gasteiger charge is -2.09. The highest BCUT2D eigenvalue weighted by atomic mass is 19.1. The molecule has 2 aromatic rings. The first-order chi connectivity index (χ1) is 8.72. The number of hydrogen-bond acceptors (Lipinski definition) is 4. The molecular formula is C13H14FN3O. The molecule has 0 atom stereocenters. The van der Waals surface area contributed by atoms with Crippen LogP contribution >= 0.6 is 0 Å². The summed E-state index contributed by atoms with van der Waals surface area (Å²) in [6, 6.07) is 5.08. The van der Waals surface area contributed by atoms with E-state index in [2.05, 4.69) is 15.3 Å². The van der Waals surface area contributed by atoms with Gasteiger partial charge in [0.2, 0.25) is 0 Å². The van der Waals surface area contributed by atoms with Crippen molar-refractivity contribution in [2.45, 2.75) is 13.5 Å². The van der Waals surface area contributed by atoms with Gasteiger partial charge in [-0.25, -0.2) is 9.37 Å². The first kappa shape index (κ1) is 12.4. The molecular weight excluding hydrogens is 233 g/mol. The van der Waals surface area contributed by atoms with E-state index in [4.69, 9.17) is 4.74 Å². The number of nitrogens with zero attached hydrogens (tertiary/aromatic N) is 2. The van der Waals surface area contributed by atoms with Gasteiger partial charge in [-0.3, -0.25) is 4.98 Å². The molecule has 2 rings (SSSR count). The lowest BCUT2D eigenvalue weighted by atomic mass is 10.2. The van der Waals surface area contributed by atoms with Crippen LogP contribution in [0.5, 0.6) is 11.6 Å². The number of halogens is 1. The third kappa shape index (κ3) is 2.62. The van der Waals surface area contributed by atoms with Crippen molar-refractivity contribution < 1.29 is 9.13 Å². The molecule has 1 N–H and O–H groups in total. The monoisotopic (exact) mass is 247 g/mol. The molecule has 5 heteroatoms. The molecule has 0 amide bonds. The summed E-state index contributed by atoms with van der Waals surface area (Å²) in [5.74, 6) is 0.0273. The van der Waals surface area contributed by atoms with Gasteiger partial charge >= 0.3 is 0 Å². The molecule has 2 heterocycles. The number of aryl methyl sites for hydroxylation is 1. The normalized spacial score (nSPS) is 10.4. The Balaban J connectivity index is 2.30. The molecule has 0 radical (unpaired) electrons. The largest absolute Gasteiger partial charge is 0.435 e. The second kappa shape index (κ2) is 5.55. The minimum absolute atomic E-state index is 0.0288. The number of ether oxygens (including phenoxy) is 1. The van der Waals surface area contributed by atoms with Crippen LogP contribution in [0.2, 0.25) is 0 Å². The van der Waals surface area contributed by atoms with Gasteiger partial charge < -0.3 is 10.1 Å². The molecule has 2 aromatic heterocycles. The molecule has 18 heavy (non-hydrogen) atoms. The van der Waals surface area contributed by atoms with Gasteiger partial charge in [-0.2, -0.15) is 0 Å². The van der Waals surface area contributed by atoms with Crippen LogP contribution in [-0.4, -0.2) is 17.0 Å². The Bertz CT molecular complexity index is 546. The first-order valence-electron chi connectivity index (χ1n) is 5.60. The fourth-order valence-electron chi connectivity index (χ4n) is 1.54. The van der Waals surface area contributed by atoms with Crippen LogP contribution in [0.25, 0.3) is 0 Å². The summed E-state index contributed by atoms with van der Waals surface area (Å²) < 4.78 is 19.5. The van der Waals surface area contributed by atoms with Crippen molar-refractivity contribution in [1.82, 2.24) is 15.3 Å². The third-order valence-corrected chi connectivity index (χ3v) is 2.47. The summed E-state index contributed by atoms with van der Waals surface area (Å²) >= 11 is 0. The van der Waals surface area contributed by atoms with Gasteiger partial charge in [0.1, 0.15) is 0 Å². The Morgan fingerprint density at radius 2 is 2.11 bits per heavy atom. The van der Waals surface area contributed by atoms with Crippen molar-refractivity contribution in [2.75, 3.05) is 7.05 Å². The quantitative estimate of drug-likeness (QED) is 0.901. The van der Waals surface area contributed by atoms with Crippen molar-refractivity contribution in [3.8, 4) is 11.6 Å². The summed E-state index contributed by atoms with van der Waals surface area (Å²) in [4.78, 5) is 7.98. The minimum atomic E-state index is -0.449. The van der Waals surface area contributed by atoms with Gasteiger partial charge in [-0.1, -0.05) is 0 Å². The zero-order valence-electron chi connectivity index (χ0n) is 10.3. The highest BCUT2D eigenvalue weighted by Gasteiger charge is 2.12. The zero-order valence-corrected chi connectivity index (χ0v) is 10.3. The molecule has 0 aliphatic carbocycles. The Morgan fingerprint density at radius 1 is 1.28 bits per heavy atom. The topological polar surface area (TPSA) is 47.0 Å². The maximum atomic E-state index is 14.0. The smallest absolute Gasteiger partial charge is 0.256 e. The summed E-state index contributed by atoms with van der Waals surface area (Å²) in [7, 11) is 1.76. The van der Waals surface area contributed by atoms with Crippen molar-refractivity contribution >= 4 is 0 Å². The van der Waals surface area contributed by atoms with E-state index in [-0.39, 0.29) is 5.88 Å². The van der Waals surface area contributed by atoms with E-state index < -0.39 is 5.82 Å². The van der Waals surface area contributed by atoms with E-state index in [9.17, 15) is 4.39 Å². The maximum Gasteiger partial charge on any atom is 0.256 e. The van der Waals surface area contributed by atoms with Gasteiger partial charge in [0, 0.05) is 24.5 Å². The van der Waals surface area contributed by atoms with Crippen LogP contribution in [0.3, 0.4) is 0 Å². The van der Waals surface area contributed by atoms with Crippen LogP contribution < -0.4 is 10.1 Å². The molecule has 0 fully saturated rings. The van der Waals surface area contributed by atoms with Crippen molar-refractivity contribution in [3.05, 3.63) is 47.7 Å². The SMILES string of the molecule is CNCc1ccnc(Oc2cccnc2C)c1F. The third-order valence-electron chi connectivity index (χ3n) is 2.47. The van der Waals surface area contributed by atoms with Crippen molar-refractivity contribution in [1.29, 1.82) is 0 Å². The van der Waals surface area contributed by atoms with E-state index in [1.807, 2.05) is 0 Å². The fourth-order valence-corrected chi connectivity index (χ4v) is 1.54. The molecule has 0 unspecified atom stereocenters. The zero-order chi connectivity index (χ0) is 13.0. The van der Waals surface area contributed by atoms with Crippen LogP contribution in [0, 0.1) is 12.7 Å². The Kier molecular flexibility index (Phi) is 3.84. The highest BCUT2D eigenvalue weighted by Crippen LogP contribution is 2.25. The summed E-state index contributed by atoms with van der Waals surface area (Å²) in [6.45, 7) is 2.22. The summed E-state index contributed by atoms with van der Waals surface area (Å²) in [6.07, 6.45) is 3.18. The lowest BCUT2D eigenvalue weighted by molar-refractivity contribution is 0.414. The maximum absolute atomic E-state index is 14.0. The van der Waals surface area contributed by atoms with Gasteiger partial charge in [-0.15, -0.1) is 0 Å². The van der Waals surface area contributed by atoms with E-state index in [0.29, 0.717) is 23.6 Å². The standard InChI is InChI=1S/C13H14FN3O/c1-9-11(4-3-6-16-9)18-13-12(14)10(8-15-2)5-7-17-13/h3-7,15H,8H2,1-2H3. The van der Waals surface area contributed by atoms with Crippen LogP contribution in [0.1, 0.15) is 11.3 Å². The number of aromatic nitrogens is 2. The molecule has 0 aliphatic rings. The van der Waals surface area contributed by atoms with Gasteiger partial charge in [0.05, 0.1) is 5.69 Å². The van der Waals surface area contributed by atoms with Crippen LogP contribution in [0.15, 0.2) is 30.6 Å². The van der Waals surface area contributed by atoms with Gasteiger partial charge in [0.15, 0.2) is 11.6 Å². The van der Waals surface area contributed by atoms with Gasteiger partial charge in [0.25, 0.3) is 5.88 Å². The van der Waals surface area contributed by atoms with Crippen LogP contribution in [0.4, 0.5) is 4.39 Å². The minimum Gasteiger partial charge on any atom is -0.435 e. The molecule has 0 saturated carbocycles. The predicted octanol–water partition coefficient (Wildman–Crippen LogP) is 2.44. The molecule has 0 aromatic carbocycles. The molecule has 4 nitrogen and oxygen atoms in total. The lowest BCUT2D eigenvalue weighted by Crippen LogP contribution is -2.08. The van der Waals surface area contributed by atoms with Gasteiger partial charge in [-0.05, 0) is 32.2 Å². The predicted molar refractivity (Wildman–Crippen MR) is 66.0 cm³/mol. The fraction of sp³-hybridized carbons (Fsp3) is 0.231. The second-order valence-corrected chi connectivity index (χ2v) is 3.81. The molecule has 0 aliphatic heterocycles. The number of hydrogen-bond donors (Lipinski definition) is 1. The number of pyridine rings is 2. The average Bonchev–Trinajstić information content (AvgIpc) is 2.37. The number of rotatable bonds is 4.